The van der Waals surface area contributed by atoms with E-state index in [0.717, 1.165) is 16.9 Å². The number of thiazole rings is 1. The highest BCUT2D eigenvalue weighted by Gasteiger charge is 2.33. The molecule has 0 radical (unpaired) electrons. The second kappa shape index (κ2) is 10.4. The standard InChI is InChI=1S/C25H23ClN2O5S/c1-15-21(24(30)33-13-12-31-2)22(17-6-8-18(26)9-7-17)28-23(29)20(34-25(28)27-15)14-16-4-10-19(32-3)11-5-16/h4-11,14,22H,12-13H2,1-3H3/b20-14+. The quantitative estimate of drug-likeness (QED) is 0.369. The first-order valence-electron chi connectivity index (χ1n) is 10.5. The third-order valence-corrected chi connectivity index (χ3v) is 6.60. The van der Waals surface area contributed by atoms with Crippen molar-refractivity contribution in [3.8, 4) is 5.75 Å². The van der Waals surface area contributed by atoms with Crippen LogP contribution in [0.3, 0.4) is 0 Å². The van der Waals surface area contributed by atoms with Crippen molar-refractivity contribution in [3.63, 3.8) is 0 Å². The summed E-state index contributed by atoms with van der Waals surface area (Å²) in [4.78, 5) is 31.7. The van der Waals surface area contributed by atoms with E-state index in [-0.39, 0.29) is 18.8 Å². The number of aromatic nitrogens is 1. The number of methoxy groups -OCH3 is 2. The van der Waals surface area contributed by atoms with Crippen LogP contribution in [0.25, 0.3) is 6.08 Å². The van der Waals surface area contributed by atoms with Crippen LogP contribution in [0.1, 0.15) is 24.1 Å². The van der Waals surface area contributed by atoms with Crippen molar-refractivity contribution in [3.05, 3.63) is 95.6 Å². The molecule has 1 aromatic heterocycles. The van der Waals surface area contributed by atoms with E-state index in [9.17, 15) is 9.59 Å². The van der Waals surface area contributed by atoms with Gasteiger partial charge in [-0.05, 0) is 48.4 Å². The highest BCUT2D eigenvalue weighted by Crippen LogP contribution is 2.31. The molecule has 1 aliphatic rings. The number of fused-ring (bicyclic) bond motifs is 1. The summed E-state index contributed by atoms with van der Waals surface area (Å²) >= 11 is 7.37. The van der Waals surface area contributed by atoms with Crippen LogP contribution in [-0.2, 0) is 14.3 Å². The molecule has 3 aromatic rings. The maximum atomic E-state index is 13.6. The lowest BCUT2D eigenvalue weighted by Gasteiger charge is -2.24. The third kappa shape index (κ3) is 4.84. The highest BCUT2D eigenvalue weighted by atomic mass is 35.5. The first-order chi connectivity index (χ1) is 16.4. The lowest BCUT2D eigenvalue weighted by molar-refractivity contribution is -0.140. The molecular formula is C25H23ClN2O5S. The second-order valence-corrected chi connectivity index (χ2v) is 8.98. The molecule has 2 heterocycles. The van der Waals surface area contributed by atoms with Crippen molar-refractivity contribution in [1.29, 1.82) is 0 Å². The molecule has 176 valence electrons. The lowest BCUT2D eigenvalue weighted by Crippen LogP contribution is -2.40. The smallest absolute Gasteiger partial charge is 0.338 e. The van der Waals surface area contributed by atoms with Crippen LogP contribution in [0.5, 0.6) is 5.75 Å². The first kappa shape index (κ1) is 23.9. The number of carbonyl (C=O) groups is 1. The number of halogens is 1. The van der Waals surface area contributed by atoms with Crippen molar-refractivity contribution < 1.29 is 19.0 Å². The minimum atomic E-state index is -0.693. The van der Waals surface area contributed by atoms with Gasteiger partial charge in [-0.15, -0.1) is 0 Å². The molecule has 1 atom stereocenters. The summed E-state index contributed by atoms with van der Waals surface area (Å²) < 4.78 is 17.6. The molecule has 0 N–H and O–H groups in total. The fourth-order valence-corrected chi connectivity index (χ4v) is 4.86. The molecule has 1 aliphatic heterocycles. The fraction of sp³-hybridized carbons (Fsp3) is 0.240. The van der Waals surface area contributed by atoms with Crippen LogP contribution in [0.15, 0.2) is 69.6 Å². The van der Waals surface area contributed by atoms with Gasteiger partial charge in [0.2, 0.25) is 0 Å². The number of rotatable bonds is 7. The summed E-state index contributed by atoms with van der Waals surface area (Å²) in [6.07, 6.45) is 1.80. The predicted molar refractivity (Wildman–Crippen MR) is 131 cm³/mol. The van der Waals surface area contributed by atoms with E-state index in [2.05, 4.69) is 4.99 Å². The van der Waals surface area contributed by atoms with E-state index in [0.29, 0.717) is 25.6 Å². The van der Waals surface area contributed by atoms with Gasteiger partial charge in [0.15, 0.2) is 4.80 Å². The summed E-state index contributed by atoms with van der Waals surface area (Å²) in [5.41, 5.74) is 2.15. The van der Waals surface area contributed by atoms with Gasteiger partial charge in [0.25, 0.3) is 5.56 Å². The summed E-state index contributed by atoms with van der Waals surface area (Å²) in [6, 6.07) is 13.8. The summed E-state index contributed by atoms with van der Waals surface area (Å²) in [5.74, 6) is 0.191. The van der Waals surface area contributed by atoms with Crippen molar-refractivity contribution >= 4 is 35.0 Å². The van der Waals surface area contributed by atoms with Gasteiger partial charge < -0.3 is 14.2 Å². The zero-order chi connectivity index (χ0) is 24.2. The molecule has 0 amide bonds. The Morgan fingerprint density at radius 3 is 2.47 bits per heavy atom. The number of hydrogen-bond acceptors (Lipinski definition) is 7. The number of carbonyl (C=O) groups excluding carboxylic acids is 1. The van der Waals surface area contributed by atoms with Gasteiger partial charge in [-0.25, -0.2) is 9.79 Å². The van der Waals surface area contributed by atoms with Crippen LogP contribution in [0, 0.1) is 0 Å². The molecule has 0 aliphatic carbocycles. The van der Waals surface area contributed by atoms with E-state index in [4.69, 9.17) is 25.8 Å². The average molecular weight is 499 g/mol. The molecule has 34 heavy (non-hydrogen) atoms. The van der Waals surface area contributed by atoms with E-state index in [1.807, 2.05) is 24.3 Å². The molecular weight excluding hydrogens is 476 g/mol. The minimum absolute atomic E-state index is 0.0986. The van der Waals surface area contributed by atoms with E-state index < -0.39 is 12.0 Å². The van der Waals surface area contributed by atoms with Crippen LogP contribution in [0.4, 0.5) is 0 Å². The predicted octanol–water partition coefficient (Wildman–Crippen LogP) is 3.09. The van der Waals surface area contributed by atoms with Gasteiger partial charge in [-0.1, -0.05) is 47.2 Å². The van der Waals surface area contributed by atoms with E-state index in [1.54, 1.807) is 48.9 Å². The zero-order valence-electron chi connectivity index (χ0n) is 18.9. The summed E-state index contributed by atoms with van der Waals surface area (Å²) in [5, 5.41) is 0.556. The van der Waals surface area contributed by atoms with Crippen molar-refractivity contribution in [2.45, 2.75) is 13.0 Å². The van der Waals surface area contributed by atoms with Gasteiger partial charge >= 0.3 is 5.97 Å². The Morgan fingerprint density at radius 1 is 1.12 bits per heavy atom. The Morgan fingerprint density at radius 2 is 1.82 bits per heavy atom. The molecule has 0 spiro atoms. The number of ether oxygens (including phenoxy) is 3. The van der Waals surface area contributed by atoms with Gasteiger partial charge in [0.05, 0.1) is 35.6 Å². The Balaban J connectivity index is 1.85. The van der Waals surface area contributed by atoms with Crippen LogP contribution in [0.2, 0.25) is 5.02 Å². The fourth-order valence-electron chi connectivity index (χ4n) is 3.69. The minimum Gasteiger partial charge on any atom is -0.497 e. The Labute approximate surface area is 205 Å². The molecule has 4 rings (SSSR count). The Bertz CT molecular complexity index is 1410. The summed E-state index contributed by atoms with van der Waals surface area (Å²) in [6.45, 7) is 2.11. The number of benzene rings is 2. The normalized spacial score (nSPS) is 15.6. The molecule has 7 nitrogen and oxygen atoms in total. The maximum Gasteiger partial charge on any atom is 0.338 e. The van der Waals surface area contributed by atoms with Crippen LogP contribution in [-0.4, -0.2) is 38.0 Å². The first-order valence-corrected chi connectivity index (χ1v) is 11.7. The molecule has 2 aromatic carbocycles. The van der Waals surface area contributed by atoms with Gasteiger partial charge in [-0.3, -0.25) is 9.36 Å². The number of nitrogens with zero attached hydrogens (tertiary/aromatic N) is 2. The molecule has 1 unspecified atom stereocenters. The molecule has 9 heteroatoms. The SMILES string of the molecule is COCCOC(=O)C1=C(C)N=c2s/c(=C/c3ccc(OC)cc3)c(=O)n2C1c1ccc(Cl)cc1. The molecule has 0 bridgehead atoms. The van der Waals surface area contributed by atoms with E-state index >= 15 is 0 Å². The lowest BCUT2D eigenvalue weighted by atomic mass is 9.96. The highest BCUT2D eigenvalue weighted by molar-refractivity contribution is 7.07. The number of esters is 1. The van der Waals surface area contributed by atoms with Gasteiger partial charge in [-0.2, -0.15) is 0 Å². The maximum absolute atomic E-state index is 13.6. The third-order valence-electron chi connectivity index (χ3n) is 5.36. The Hall–Kier alpha value is -3.20. The molecule has 0 fully saturated rings. The largest absolute Gasteiger partial charge is 0.497 e. The zero-order valence-corrected chi connectivity index (χ0v) is 20.5. The topological polar surface area (TPSA) is 79.1 Å². The van der Waals surface area contributed by atoms with Crippen molar-refractivity contribution in [2.24, 2.45) is 4.99 Å². The van der Waals surface area contributed by atoms with Gasteiger partial charge in [0.1, 0.15) is 12.4 Å². The second-order valence-electron chi connectivity index (χ2n) is 7.54. The van der Waals surface area contributed by atoms with Crippen LogP contribution >= 0.6 is 22.9 Å². The van der Waals surface area contributed by atoms with Crippen molar-refractivity contribution in [1.82, 2.24) is 4.57 Å². The van der Waals surface area contributed by atoms with E-state index in [1.165, 1.54) is 18.4 Å². The average Bonchev–Trinajstić information content (AvgIpc) is 3.13. The molecule has 0 saturated carbocycles. The Kier molecular flexibility index (Phi) is 7.31. The van der Waals surface area contributed by atoms with Gasteiger partial charge in [0, 0.05) is 12.1 Å². The molecule has 0 saturated heterocycles. The van der Waals surface area contributed by atoms with Crippen molar-refractivity contribution in [2.75, 3.05) is 27.4 Å². The van der Waals surface area contributed by atoms with Crippen LogP contribution < -0.4 is 19.6 Å². The number of allylic oxidation sites excluding steroid dienone is 1. The number of hydrogen-bond donors (Lipinski definition) is 0. The monoisotopic (exact) mass is 498 g/mol. The summed E-state index contributed by atoms with van der Waals surface area (Å²) in [7, 11) is 3.13.